The minimum atomic E-state index is 0.226. The van der Waals surface area contributed by atoms with E-state index in [0.29, 0.717) is 6.04 Å². The number of hydrogen-bond donors (Lipinski definition) is 1. The number of ether oxygens (including phenoxy) is 1. The van der Waals surface area contributed by atoms with Crippen LogP contribution >= 0.6 is 11.8 Å². The summed E-state index contributed by atoms with van der Waals surface area (Å²) in [6.45, 7) is 5.04. The molecule has 0 aromatic carbocycles. The molecule has 2 fully saturated rings. The zero-order chi connectivity index (χ0) is 13.0. The number of rotatable bonds is 7. The van der Waals surface area contributed by atoms with Crippen molar-refractivity contribution >= 4 is 11.8 Å². The maximum atomic E-state index is 6.17. The average Bonchev–Trinajstić information content (AvgIpc) is 3.24. The summed E-state index contributed by atoms with van der Waals surface area (Å²) in [5.74, 6) is 3.40. The van der Waals surface area contributed by atoms with Crippen molar-refractivity contribution in [3.8, 4) is 0 Å². The van der Waals surface area contributed by atoms with E-state index in [0.717, 1.165) is 25.6 Å². The molecule has 0 amide bonds. The van der Waals surface area contributed by atoms with E-state index in [9.17, 15) is 0 Å². The molecular formula is C14H28N2OS. The standard InChI is InChI=1S/C14H28N2OS/c1-12(13-4-5-13)16(7-8-17-2)14(10-15)6-3-9-18-11-14/h12-13H,3-11,15H2,1-2H3. The zero-order valence-corrected chi connectivity index (χ0v) is 12.7. The summed E-state index contributed by atoms with van der Waals surface area (Å²) >= 11 is 2.08. The van der Waals surface area contributed by atoms with Crippen LogP contribution in [0.15, 0.2) is 0 Å². The topological polar surface area (TPSA) is 38.5 Å². The predicted molar refractivity (Wildman–Crippen MR) is 79.1 cm³/mol. The molecular weight excluding hydrogens is 244 g/mol. The number of nitrogens with two attached hydrogens (primary N) is 1. The zero-order valence-electron chi connectivity index (χ0n) is 11.9. The number of thioether (sulfide) groups is 1. The second kappa shape index (κ2) is 6.60. The quantitative estimate of drug-likeness (QED) is 0.769. The first-order valence-corrected chi connectivity index (χ1v) is 8.42. The molecule has 2 unspecified atom stereocenters. The van der Waals surface area contributed by atoms with Crippen molar-refractivity contribution in [1.82, 2.24) is 4.90 Å². The van der Waals surface area contributed by atoms with Gasteiger partial charge in [-0.1, -0.05) is 0 Å². The van der Waals surface area contributed by atoms with E-state index in [1.165, 1.54) is 37.2 Å². The Morgan fingerprint density at radius 3 is 2.78 bits per heavy atom. The van der Waals surface area contributed by atoms with Crippen molar-refractivity contribution in [2.24, 2.45) is 11.7 Å². The van der Waals surface area contributed by atoms with Crippen LogP contribution in [0.4, 0.5) is 0 Å². The average molecular weight is 272 g/mol. The molecule has 3 nitrogen and oxygen atoms in total. The molecule has 106 valence electrons. The lowest BCUT2D eigenvalue weighted by molar-refractivity contribution is 0.0272. The molecule has 1 heterocycles. The molecule has 2 aliphatic rings. The Labute approximate surface area is 116 Å². The maximum absolute atomic E-state index is 6.17. The summed E-state index contributed by atoms with van der Waals surface area (Å²) in [4.78, 5) is 2.68. The van der Waals surface area contributed by atoms with Crippen LogP contribution in [0.2, 0.25) is 0 Å². The summed E-state index contributed by atoms with van der Waals surface area (Å²) in [5, 5.41) is 0. The lowest BCUT2D eigenvalue weighted by atomic mass is 9.90. The minimum Gasteiger partial charge on any atom is -0.383 e. The molecule has 4 heteroatoms. The van der Waals surface area contributed by atoms with Gasteiger partial charge >= 0.3 is 0 Å². The summed E-state index contributed by atoms with van der Waals surface area (Å²) in [5.41, 5.74) is 6.40. The van der Waals surface area contributed by atoms with Gasteiger partial charge < -0.3 is 10.5 Å². The molecule has 1 saturated heterocycles. The highest BCUT2D eigenvalue weighted by molar-refractivity contribution is 7.99. The first-order valence-electron chi connectivity index (χ1n) is 7.27. The van der Waals surface area contributed by atoms with E-state index >= 15 is 0 Å². The smallest absolute Gasteiger partial charge is 0.0590 e. The third-order valence-corrected chi connectivity index (χ3v) is 5.94. The Bertz CT molecular complexity index is 252. The van der Waals surface area contributed by atoms with Crippen molar-refractivity contribution < 1.29 is 4.74 Å². The lowest BCUT2D eigenvalue weighted by Crippen LogP contribution is -2.61. The molecule has 1 aliphatic carbocycles. The van der Waals surface area contributed by atoms with Gasteiger partial charge in [-0.15, -0.1) is 0 Å². The molecule has 0 aromatic heterocycles. The van der Waals surface area contributed by atoms with Crippen LogP contribution in [-0.4, -0.2) is 54.8 Å². The van der Waals surface area contributed by atoms with E-state index in [-0.39, 0.29) is 5.54 Å². The second-order valence-corrected chi connectivity index (χ2v) is 6.95. The Balaban J connectivity index is 2.07. The highest BCUT2D eigenvalue weighted by atomic mass is 32.2. The Morgan fingerprint density at radius 2 is 2.28 bits per heavy atom. The van der Waals surface area contributed by atoms with E-state index in [2.05, 4.69) is 23.6 Å². The third kappa shape index (κ3) is 3.21. The van der Waals surface area contributed by atoms with Crippen molar-refractivity contribution in [3.05, 3.63) is 0 Å². The van der Waals surface area contributed by atoms with Crippen LogP contribution in [0, 0.1) is 5.92 Å². The monoisotopic (exact) mass is 272 g/mol. The van der Waals surface area contributed by atoms with Gasteiger partial charge in [-0.3, -0.25) is 4.90 Å². The summed E-state index contributed by atoms with van der Waals surface area (Å²) in [6.07, 6.45) is 5.37. The van der Waals surface area contributed by atoms with Gasteiger partial charge in [-0.2, -0.15) is 11.8 Å². The van der Waals surface area contributed by atoms with Crippen LogP contribution in [0.1, 0.15) is 32.6 Å². The number of methoxy groups -OCH3 is 1. The Hall–Kier alpha value is 0.230. The summed E-state index contributed by atoms with van der Waals surface area (Å²) in [6, 6.07) is 0.669. The van der Waals surface area contributed by atoms with E-state index in [4.69, 9.17) is 10.5 Å². The highest BCUT2D eigenvalue weighted by Crippen LogP contribution is 2.40. The van der Waals surface area contributed by atoms with Gasteiger partial charge in [0, 0.05) is 37.5 Å². The Kier molecular flexibility index (Phi) is 5.36. The molecule has 0 bridgehead atoms. The molecule has 0 radical (unpaired) electrons. The van der Waals surface area contributed by atoms with Gasteiger partial charge in [0.15, 0.2) is 0 Å². The van der Waals surface area contributed by atoms with E-state index in [1.54, 1.807) is 7.11 Å². The fourth-order valence-electron chi connectivity index (χ4n) is 3.24. The number of nitrogens with zero attached hydrogens (tertiary/aromatic N) is 1. The van der Waals surface area contributed by atoms with Crippen LogP contribution in [0.5, 0.6) is 0 Å². The van der Waals surface area contributed by atoms with Crippen LogP contribution in [0.25, 0.3) is 0 Å². The van der Waals surface area contributed by atoms with E-state index in [1.807, 2.05) is 0 Å². The first kappa shape index (κ1) is 14.6. The fraction of sp³-hybridized carbons (Fsp3) is 1.00. The van der Waals surface area contributed by atoms with Gasteiger partial charge in [-0.25, -0.2) is 0 Å². The first-order chi connectivity index (χ1) is 8.73. The van der Waals surface area contributed by atoms with Gasteiger partial charge in [-0.05, 0) is 44.3 Å². The maximum Gasteiger partial charge on any atom is 0.0590 e. The van der Waals surface area contributed by atoms with Gasteiger partial charge in [0.2, 0.25) is 0 Å². The molecule has 18 heavy (non-hydrogen) atoms. The minimum absolute atomic E-state index is 0.226. The van der Waals surface area contributed by atoms with Crippen LogP contribution in [0.3, 0.4) is 0 Å². The highest BCUT2D eigenvalue weighted by Gasteiger charge is 2.43. The molecule has 0 aromatic rings. The van der Waals surface area contributed by atoms with Crippen molar-refractivity contribution in [3.63, 3.8) is 0 Å². The van der Waals surface area contributed by atoms with Crippen LogP contribution < -0.4 is 5.73 Å². The second-order valence-electron chi connectivity index (χ2n) is 5.85. The van der Waals surface area contributed by atoms with Crippen molar-refractivity contribution in [1.29, 1.82) is 0 Å². The third-order valence-electron chi connectivity index (χ3n) is 4.62. The van der Waals surface area contributed by atoms with E-state index < -0.39 is 0 Å². The summed E-state index contributed by atoms with van der Waals surface area (Å²) < 4.78 is 5.31. The molecule has 0 spiro atoms. The van der Waals surface area contributed by atoms with Gasteiger partial charge in [0.1, 0.15) is 0 Å². The van der Waals surface area contributed by atoms with Crippen LogP contribution in [-0.2, 0) is 4.74 Å². The molecule has 1 saturated carbocycles. The number of hydrogen-bond acceptors (Lipinski definition) is 4. The normalized spacial score (nSPS) is 30.7. The summed E-state index contributed by atoms with van der Waals surface area (Å²) in [7, 11) is 1.80. The molecule has 2 rings (SSSR count). The SMILES string of the molecule is COCCN(C(C)C1CC1)C1(CN)CCCSC1. The molecule has 2 atom stereocenters. The largest absolute Gasteiger partial charge is 0.383 e. The Morgan fingerprint density at radius 1 is 1.50 bits per heavy atom. The van der Waals surface area contributed by atoms with Gasteiger partial charge in [0.05, 0.1) is 6.61 Å². The molecule has 2 N–H and O–H groups in total. The lowest BCUT2D eigenvalue weighted by Gasteiger charge is -2.48. The van der Waals surface area contributed by atoms with Crippen molar-refractivity contribution in [2.45, 2.75) is 44.2 Å². The fourth-order valence-corrected chi connectivity index (χ4v) is 4.54. The van der Waals surface area contributed by atoms with Crippen molar-refractivity contribution in [2.75, 3.05) is 38.3 Å². The predicted octanol–water partition coefficient (Wildman–Crippen LogP) is 1.96. The van der Waals surface area contributed by atoms with Gasteiger partial charge in [0.25, 0.3) is 0 Å². The molecule has 1 aliphatic heterocycles.